The summed E-state index contributed by atoms with van der Waals surface area (Å²) in [4.78, 5) is 21.4. The number of fused-ring (bicyclic) bond motifs is 1. The van der Waals surface area contributed by atoms with Crippen molar-refractivity contribution in [2.45, 2.75) is 51.0 Å². The van der Waals surface area contributed by atoms with Crippen LogP contribution in [0, 0.1) is 6.92 Å². The summed E-state index contributed by atoms with van der Waals surface area (Å²) >= 11 is 0. The molecular weight excluding hydrogens is 468 g/mol. The Balaban J connectivity index is 1.23. The number of aryl methyl sites for hydroxylation is 1. The van der Waals surface area contributed by atoms with Gasteiger partial charge in [-0.15, -0.1) is 0 Å². The SMILES string of the molecule is Cc1ccccc1C(=O)NCc1ccc(-c2nn(C3CCC4(CC3)OCCO4)c3ncnc(N)c23)cc1. The maximum atomic E-state index is 12.6. The number of benzene rings is 2. The fourth-order valence-electron chi connectivity index (χ4n) is 5.41. The van der Waals surface area contributed by atoms with Gasteiger partial charge >= 0.3 is 0 Å². The molecule has 1 amide bonds. The van der Waals surface area contributed by atoms with Crippen LogP contribution in [0.2, 0.25) is 0 Å². The highest BCUT2D eigenvalue weighted by Crippen LogP contribution is 2.42. The maximum Gasteiger partial charge on any atom is 0.251 e. The summed E-state index contributed by atoms with van der Waals surface area (Å²) in [5, 5.41) is 8.76. The molecule has 2 aliphatic rings. The second-order valence-corrected chi connectivity index (χ2v) is 9.78. The van der Waals surface area contributed by atoms with Crippen LogP contribution < -0.4 is 11.1 Å². The maximum absolute atomic E-state index is 12.6. The number of anilines is 1. The van der Waals surface area contributed by atoms with Crippen molar-refractivity contribution in [1.82, 2.24) is 25.1 Å². The van der Waals surface area contributed by atoms with E-state index in [0.717, 1.165) is 59.1 Å². The zero-order valence-corrected chi connectivity index (χ0v) is 20.8. The van der Waals surface area contributed by atoms with Gasteiger partial charge in [0.05, 0.1) is 24.6 Å². The molecule has 6 rings (SSSR count). The summed E-state index contributed by atoms with van der Waals surface area (Å²) in [5.74, 6) is -0.101. The molecule has 1 saturated heterocycles. The Morgan fingerprint density at radius 2 is 1.81 bits per heavy atom. The number of carbonyl (C=O) groups is 1. The van der Waals surface area contributed by atoms with Gasteiger partial charge in [0.1, 0.15) is 17.8 Å². The van der Waals surface area contributed by atoms with Crippen LogP contribution in [0.5, 0.6) is 0 Å². The Kier molecular flexibility index (Phi) is 6.10. The lowest BCUT2D eigenvalue weighted by Crippen LogP contribution is -2.36. The highest BCUT2D eigenvalue weighted by Gasteiger charge is 2.41. The van der Waals surface area contributed by atoms with Crippen molar-refractivity contribution in [2.24, 2.45) is 0 Å². The molecule has 0 bridgehead atoms. The van der Waals surface area contributed by atoms with Gasteiger partial charge in [-0.05, 0) is 37.0 Å². The Bertz CT molecular complexity index is 1430. The Labute approximate surface area is 215 Å². The normalized spacial score (nSPS) is 17.4. The van der Waals surface area contributed by atoms with Gasteiger partial charge in [-0.2, -0.15) is 5.10 Å². The van der Waals surface area contributed by atoms with Gasteiger partial charge < -0.3 is 20.5 Å². The number of aromatic nitrogens is 4. The number of carbonyl (C=O) groups excluding carboxylic acids is 1. The molecule has 2 aromatic carbocycles. The monoisotopic (exact) mass is 498 g/mol. The Morgan fingerprint density at radius 3 is 2.54 bits per heavy atom. The first-order chi connectivity index (χ1) is 18.0. The molecule has 190 valence electrons. The Hall–Kier alpha value is -3.82. The molecule has 2 fully saturated rings. The van der Waals surface area contributed by atoms with Gasteiger partial charge in [-0.1, -0.05) is 42.5 Å². The minimum absolute atomic E-state index is 0.0838. The molecule has 0 radical (unpaired) electrons. The van der Waals surface area contributed by atoms with Crippen LogP contribution in [-0.2, 0) is 16.0 Å². The van der Waals surface area contributed by atoms with Gasteiger partial charge in [-0.25, -0.2) is 14.6 Å². The number of hydrogen-bond acceptors (Lipinski definition) is 7. The molecule has 3 N–H and O–H groups in total. The van der Waals surface area contributed by atoms with Crippen LogP contribution in [0.3, 0.4) is 0 Å². The van der Waals surface area contributed by atoms with E-state index in [0.29, 0.717) is 31.1 Å². The number of amides is 1. The number of nitrogens with two attached hydrogens (primary N) is 1. The van der Waals surface area contributed by atoms with E-state index in [9.17, 15) is 4.79 Å². The third kappa shape index (κ3) is 4.45. The average Bonchev–Trinajstić information content (AvgIpc) is 3.54. The average molecular weight is 499 g/mol. The molecule has 2 aromatic heterocycles. The molecule has 1 spiro atoms. The summed E-state index contributed by atoms with van der Waals surface area (Å²) < 4.78 is 13.8. The molecule has 9 heteroatoms. The number of ether oxygens (including phenoxy) is 2. The molecule has 4 aromatic rings. The molecule has 0 unspecified atom stereocenters. The van der Waals surface area contributed by atoms with Crippen molar-refractivity contribution in [3.8, 4) is 11.3 Å². The highest BCUT2D eigenvalue weighted by atomic mass is 16.7. The van der Waals surface area contributed by atoms with Gasteiger partial charge in [0.2, 0.25) is 0 Å². The molecule has 1 aliphatic heterocycles. The number of rotatable bonds is 5. The summed E-state index contributed by atoms with van der Waals surface area (Å²) in [6.07, 6.45) is 4.93. The van der Waals surface area contributed by atoms with Gasteiger partial charge in [-0.3, -0.25) is 4.79 Å². The van der Waals surface area contributed by atoms with E-state index < -0.39 is 5.79 Å². The van der Waals surface area contributed by atoms with Crippen LogP contribution in [0.25, 0.3) is 22.3 Å². The van der Waals surface area contributed by atoms with Gasteiger partial charge in [0, 0.05) is 30.5 Å². The van der Waals surface area contributed by atoms with E-state index in [4.69, 9.17) is 20.3 Å². The first kappa shape index (κ1) is 23.6. The topological polar surface area (TPSA) is 117 Å². The van der Waals surface area contributed by atoms with Crippen molar-refractivity contribution in [2.75, 3.05) is 18.9 Å². The van der Waals surface area contributed by atoms with E-state index in [1.807, 2.05) is 60.1 Å². The third-order valence-corrected chi connectivity index (χ3v) is 7.46. The summed E-state index contributed by atoms with van der Waals surface area (Å²) in [6, 6.07) is 15.8. The third-order valence-electron chi connectivity index (χ3n) is 7.46. The largest absolute Gasteiger partial charge is 0.383 e. The van der Waals surface area contributed by atoms with E-state index in [1.54, 1.807) is 0 Å². The lowest BCUT2D eigenvalue weighted by Gasteiger charge is -2.35. The van der Waals surface area contributed by atoms with Crippen LogP contribution in [0.4, 0.5) is 5.82 Å². The number of hydrogen-bond donors (Lipinski definition) is 2. The first-order valence-electron chi connectivity index (χ1n) is 12.7. The van der Waals surface area contributed by atoms with Crippen LogP contribution in [0.1, 0.15) is 53.2 Å². The van der Waals surface area contributed by atoms with Crippen LogP contribution in [-0.4, -0.2) is 44.7 Å². The lowest BCUT2D eigenvalue weighted by atomic mass is 9.90. The Morgan fingerprint density at radius 1 is 1.08 bits per heavy atom. The summed E-state index contributed by atoms with van der Waals surface area (Å²) in [6.45, 7) is 3.69. The van der Waals surface area contributed by atoms with Crippen molar-refractivity contribution in [1.29, 1.82) is 0 Å². The zero-order valence-electron chi connectivity index (χ0n) is 20.8. The smallest absolute Gasteiger partial charge is 0.251 e. The van der Waals surface area contributed by atoms with E-state index in [-0.39, 0.29) is 11.9 Å². The van der Waals surface area contributed by atoms with E-state index in [1.165, 1.54) is 6.33 Å². The molecule has 37 heavy (non-hydrogen) atoms. The van der Waals surface area contributed by atoms with E-state index in [2.05, 4.69) is 15.3 Å². The summed E-state index contributed by atoms with van der Waals surface area (Å²) in [7, 11) is 0. The van der Waals surface area contributed by atoms with Crippen molar-refractivity contribution >= 4 is 22.8 Å². The van der Waals surface area contributed by atoms with Crippen LogP contribution >= 0.6 is 0 Å². The molecule has 0 atom stereocenters. The second kappa shape index (κ2) is 9.57. The second-order valence-electron chi connectivity index (χ2n) is 9.78. The lowest BCUT2D eigenvalue weighted by molar-refractivity contribution is -0.181. The highest BCUT2D eigenvalue weighted by molar-refractivity contribution is 5.98. The number of nitrogen functional groups attached to an aromatic ring is 1. The van der Waals surface area contributed by atoms with Gasteiger partial charge in [0.25, 0.3) is 5.91 Å². The fourth-order valence-corrected chi connectivity index (χ4v) is 5.41. The molecule has 1 saturated carbocycles. The predicted molar refractivity (Wildman–Crippen MR) is 140 cm³/mol. The standard InChI is InChI=1S/C28H30N6O3/c1-18-4-2-3-5-22(18)27(35)30-16-19-6-8-20(9-7-19)24-23-25(29)31-17-32-26(23)34(33-24)21-10-12-28(13-11-21)36-14-15-37-28/h2-9,17,21H,10-16H2,1H3,(H,30,35)(H2,29,31,32). The van der Waals surface area contributed by atoms with Crippen molar-refractivity contribution < 1.29 is 14.3 Å². The number of nitrogens with one attached hydrogen (secondary N) is 1. The predicted octanol–water partition coefficient (Wildman–Crippen LogP) is 4.17. The molecular formula is C28H30N6O3. The van der Waals surface area contributed by atoms with Gasteiger partial charge in [0.15, 0.2) is 11.4 Å². The zero-order chi connectivity index (χ0) is 25.4. The number of nitrogens with zero attached hydrogens (tertiary/aromatic N) is 4. The molecule has 3 heterocycles. The van der Waals surface area contributed by atoms with E-state index >= 15 is 0 Å². The minimum atomic E-state index is -0.430. The first-order valence-corrected chi connectivity index (χ1v) is 12.7. The molecule has 1 aliphatic carbocycles. The van der Waals surface area contributed by atoms with Crippen LogP contribution in [0.15, 0.2) is 54.9 Å². The molecule has 9 nitrogen and oxygen atoms in total. The quantitative estimate of drug-likeness (QED) is 0.424. The fraction of sp³-hybridized carbons (Fsp3) is 0.357. The van der Waals surface area contributed by atoms with Crippen molar-refractivity contribution in [3.05, 3.63) is 71.5 Å². The summed E-state index contributed by atoms with van der Waals surface area (Å²) in [5.41, 5.74) is 11.4. The van der Waals surface area contributed by atoms with Crippen molar-refractivity contribution in [3.63, 3.8) is 0 Å². The minimum Gasteiger partial charge on any atom is -0.383 e.